The lowest BCUT2D eigenvalue weighted by Gasteiger charge is -2.14. The van der Waals surface area contributed by atoms with Crippen molar-refractivity contribution in [3.8, 4) is 5.75 Å². The van der Waals surface area contributed by atoms with E-state index in [0.29, 0.717) is 12.4 Å². The molecule has 7 heteroatoms. The summed E-state index contributed by atoms with van der Waals surface area (Å²) in [5.41, 5.74) is 1.66. The quantitative estimate of drug-likeness (QED) is 0.754. The van der Waals surface area contributed by atoms with Gasteiger partial charge < -0.3 is 15.4 Å². The van der Waals surface area contributed by atoms with E-state index in [1.165, 1.54) is 0 Å². The van der Waals surface area contributed by atoms with Crippen LogP contribution in [0.25, 0.3) is 5.65 Å². The Bertz CT molecular complexity index is 846. The Morgan fingerprint density at radius 1 is 1.21 bits per heavy atom. The van der Waals surface area contributed by atoms with Gasteiger partial charge in [-0.05, 0) is 25.1 Å². The number of methoxy groups -OCH3 is 1. The van der Waals surface area contributed by atoms with Gasteiger partial charge in [-0.3, -0.25) is 4.40 Å². The Morgan fingerprint density at radius 2 is 2.00 bits per heavy atom. The molecule has 0 saturated heterocycles. The maximum absolute atomic E-state index is 12.1. The van der Waals surface area contributed by atoms with Crippen LogP contribution in [-0.2, 0) is 6.54 Å². The van der Waals surface area contributed by atoms with Crippen molar-refractivity contribution >= 4 is 11.7 Å². The Hall–Kier alpha value is -3.09. The van der Waals surface area contributed by atoms with Crippen molar-refractivity contribution in [3.05, 3.63) is 60.0 Å². The summed E-state index contributed by atoms with van der Waals surface area (Å²) in [6.45, 7) is 2.25. The minimum Gasteiger partial charge on any atom is -0.496 e. The highest BCUT2D eigenvalue weighted by atomic mass is 16.5. The van der Waals surface area contributed by atoms with E-state index in [1.54, 1.807) is 7.11 Å². The number of fused-ring (bicyclic) bond motifs is 1. The smallest absolute Gasteiger partial charge is 0.315 e. The van der Waals surface area contributed by atoms with Crippen molar-refractivity contribution in [2.75, 3.05) is 7.11 Å². The van der Waals surface area contributed by atoms with Crippen LogP contribution in [0.15, 0.2) is 48.7 Å². The Labute approximate surface area is 139 Å². The SMILES string of the molecule is COc1ccccc1CNC(=O)NC(C)c1nnc2ccccn12. The second-order valence-corrected chi connectivity index (χ2v) is 5.35. The fourth-order valence-electron chi connectivity index (χ4n) is 2.49. The molecular formula is C17H19N5O2. The second kappa shape index (κ2) is 6.99. The molecule has 0 aliphatic heterocycles. The van der Waals surface area contributed by atoms with Gasteiger partial charge in [0.25, 0.3) is 0 Å². The standard InChI is InChI=1S/C17H19N5O2/c1-12(16-21-20-15-9-5-6-10-22(15)16)19-17(23)18-11-13-7-3-4-8-14(13)24-2/h3-10,12H,11H2,1-2H3,(H2,18,19,23). The van der Waals surface area contributed by atoms with Crippen LogP contribution < -0.4 is 15.4 Å². The van der Waals surface area contributed by atoms with E-state index in [-0.39, 0.29) is 12.1 Å². The number of pyridine rings is 1. The van der Waals surface area contributed by atoms with E-state index >= 15 is 0 Å². The molecule has 124 valence electrons. The summed E-state index contributed by atoms with van der Waals surface area (Å²) in [5.74, 6) is 1.42. The number of carbonyl (C=O) groups is 1. The molecule has 0 radical (unpaired) electrons. The highest BCUT2D eigenvalue weighted by Gasteiger charge is 2.15. The van der Waals surface area contributed by atoms with Crippen molar-refractivity contribution in [2.24, 2.45) is 0 Å². The number of aromatic nitrogens is 3. The Morgan fingerprint density at radius 3 is 2.83 bits per heavy atom. The summed E-state index contributed by atoms with van der Waals surface area (Å²) in [4.78, 5) is 12.1. The minimum atomic E-state index is -0.278. The van der Waals surface area contributed by atoms with Crippen molar-refractivity contribution in [1.82, 2.24) is 25.2 Å². The molecular weight excluding hydrogens is 306 g/mol. The fraction of sp³-hybridized carbons (Fsp3) is 0.235. The molecule has 1 unspecified atom stereocenters. The fourth-order valence-corrected chi connectivity index (χ4v) is 2.49. The number of urea groups is 1. The molecule has 3 rings (SSSR count). The molecule has 0 aliphatic carbocycles. The third-order valence-corrected chi connectivity index (χ3v) is 3.71. The van der Waals surface area contributed by atoms with Crippen LogP contribution >= 0.6 is 0 Å². The molecule has 0 bridgehead atoms. The number of ether oxygens (including phenoxy) is 1. The third kappa shape index (κ3) is 3.29. The molecule has 2 heterocycles. The zero-order chi connectivity index (χ0) is 16.9. The van der Waals surface area contributed by atoms with Crippen molar-refractivity contribution in [2.45, 2.75) is 19.5 Å². The summed E-state index contributed by atoms with van der Waals surface area (Å²) < 4.78 is 7.12. The first-order chi connectivity index (χ1) is 11.7. The predicted molar refractivity (Wildman–Crippen MR) is 89.8 cm³/mol. The summed E-state index contributed by atoms with van der Waals surface area (Å²) >= 11 is 0. The largest absolute Gasteiger partial charge is 0.496 e. The van der Waals surface area contributed by atoms with Crippen LogP contribution in [0, 0.1) is 0 Å². The maximum atomic E-state index is 12.1. The lowest BCUT2D eigenvalue weighted by atomic mass is 10.2. The van der Waals surface area contributed by atoms with Crippen molar-refractivity contribution < 1.29 is 9.53 Å². The number of rotatable bonds is 5. The average molecular weight is 325 g/mol. The molecule has 1 aromatic carbocycles. The molecule has 24 heavy (non-hydrogen) atoms. The maximum Gasteiger partial charge on any atom is 0.315 e. The zero-order valence-corrected chi connectivity index (χ0v) is 13.6. The molecule has 0 saturated carbocycles. The van der Waals surface area contributed by atoms with Crippen LogP contribution in [0.2, 0.25) is 0 Å². The van der Waals surface area contributed by atoms with Crippen LogP contribution in [0.1, 0.15) is 24.4 Å². The Balaban J connectivity index is 1.62. The monoisotopic (exact) mass is 325 g/mol. The van der Waals surface area contributed by atoms with Gasteiger partial charge in [-0.2, -0.15) is 0 Å². The third-order valence-electron chi connectivity index (χ3n) is 3.71. The van der Waals surface area contributed by atoms with E-state index in [2.05, 4.69) is 20.8 Å². The summed E-state index contributed by atoms with van der Waals surface area (Å²) in [5, 5.41) is 13.9. The average Bonchev–Trinajstić information content (AvgIpc) is 3.04. The van der Waals surface area contributed by atoms with Crippen LogP contribution in [-0.4, -0.2) is 27.7 Å². The molecule has 0 fully saturated rings. The topological polar surface area (TPSA) is 80.5 Å². The lowest BCUT2D eigenvalue weighted by molar-refractivity contribution is 0.237. The number of nitrogens with one attached hydrogen (secondary N) is 2. The van der Waals surface area contributed by atoms with Crippen LogP contribution in [0.5, 0.6) is 5.75 Å². The molecule has 7 nitrogen and oxygen atoms in total. The van der Waals surface area contributed by atoms with Crippen LogP contribution in [0.3, 0.4) is 0 Å². The van der Waals surface area contributed by atoms with Gasteiger partial charge >= 0.3 is 6.03 Å². The van der Waals surface area contributed by atoms with Crippen molar-refractivity contribution in [1.29, 1.82) is 0 Å². The van der Waals surface area contributed by atoms with Gasteiger partial charge in [-0.15, -0.1) is 10.2 Å². The molecule has 0 spiro atoms. The molecule has 3 aromatic rings. The first-order valence-electron chi connectivity index (χ1n) is 7.65. The summed E-state index contributed by atoms with van der Waals surface area (Å²) in [6.07, 6.45) is 1.87. The van der Waals surface area contributed by atoms with E-state index in [4.69, 9.17) is 4.74 Å². The normalized spacial score (nSPS) is 11.9. The van der Waals surface area contributed by atoms with Gasteiger partial charge in [0, 0.05) is 18.3 Å². The molecule has 2 amide bonds. The second-order valence-electron chi connectivity index (χ2n) is 5.35. The molecule has 2 N–H and O–H groups in total. The van der Waals surface area contributed by atoms with Gasteiger partial charge in [0.2, 0.25) is 0 Å². The van der Waals surface area contributed by atoms with Gasteiger partial charge in [0.15, 0.2) is 11.5 Å². The highest BCUT2D eigenvalue weighted by molar-refractivity contribution is 5.74. The van der Waals surface area contributed by atoms with Gasteiger partial charge in [-0.25, -0.2) is 4.79 Å². The molecule has 2 aromatic heterocycles. The number of hydrogen-bond acceptors (Lipinski definition) is 4. The molecule has 1 atom stereocenters. The number of carbonyl (C=O) groups excluding carboxylic acids is 1. The van der Waals surface area contributed by atoms with Gasteiger partial charge in [-0.1, -0.05) is 24.3 Å². The minimum absolute atomic E-state index is 0.277. The first-order valence-corrected chi connectivity index (χ1v) is 7.65. The number of para-hydroxylation sites is 1. The van der Waals surface area contributed by atoms with E-state index in [1.807, 2.05) is 60.0 Å². The number of benzene rings is 1. The number of amides is 2. The van der Waals surface area contributed by atoms with E-state index in [9.17, 15) is 4.79 Å². The summed E-state index contributed by atoms with van der Waals surface area (Å²) in [6, 6.07) is 12.7. The molecule has 0 aliphatic rings. The van der Waals surface area contributed by atoms with E-state index < -0.39 is 0 Å². The summed E-state index contributed by atoms with van der Waals surface area (Å²) in [7, 11) is 1.61. The van der Waals surface area contributed by atoms with Crippen molar-refractivity contribution in [3.63, 3.8) is 0 Å². The van der Waals surface area contributed by atoms with Crippen LogP contribution in [0.4, 0.5) is 4.79 Å². The first kappa shape index (κ1) is 15.8. The zero-order valence-electron chi connectivity index (χ0n) is 13.6. The number of hydrogen-bond donors (Lipinski definition) is 2. The Kier molecular flexibility index (Phi) is 4.60. The van der Waals surface area contributed by atoms with Gasteiger partial charge in [0.05, 0.1) is 13.2 Å². The van der Waals surface area contributed by atoms with E-state index in [0.717, 1.165) is 17.0 Å². The highest BCUT2D eigenvalue weighted by Crippen LogP contribution is 2.17. The predicted octanol–water partition coefficient (Wildman–Crippen LogP) is 2.30. The number of nitrogens with zero attached hydrogens (tertiary/aromatic N) is 3. The lowest BCUT2D eigenvalue weighted by Crippen LogP contribution is -2.37. The van der Waals surface area contributed by atoms with Gasteiger partial charge in [0.1, 0.15) is 5.75 Å².